The van der Waals surface area contributed by atoms with E-state index >= 15 is 0 Å². The number of aryl methyl sites for hydroxylation is 1. The average molecular weight is 341 g/mol. The Morgan fingerprint density at radius 3 is 2.90 bits per heavy atom. The third-order valence-corrected chi connectivity index (χ3v) is 4.90. The van der Waals surface area contributed by atoms with E-state index < -0.39 is 0 Å². The molecule has 3 rings (SSSR count). The first-order valence-corrected chi connectivity index (χ1v) is 8.15. The summed E-state index contributed by atoms with van der Waals surface area (Å²) in [5, 5.41) is 3.34. The summed E-state index contributed by atoms with van der Waals surface area (Å²) in [7, 11) is 0. The van der Waals surface area contributed by atoms with E-state index in [2.05, 4.69) is 26.2 Å². The van der Waals surface area contributed by atoms with Crippen molar-refractivity contribution >= 4 is 21.7 Å². The largest absolute Gasteiger partial charge is 0.367 e. The van der Waals surface area contributed by atoms with E-state index in [-0.39, 0.29) is 11.9 Å². The van der Waals surface area contributed by atoms with Crippen LogP contribution in [0.15, 0.2) is 16.6 Å². The Bertz CT molecular complexity index is 475. The number of pyridine rings is 1. The summed E-state index contributed by atoms with van der Waals surface area (Å²) in [4.78, 5) is 4.48. The highest BCUT2D eigenvalue weighted by molar-refractivity contribution is 9.10. The molecule has 1 aromatic rings. The van der Waals surface area contributed by atoms with Crippen molar-refractivity contribution in [3.8, 4) is 0 Å². The predicted molar refractivity (Wildman–Crippen MR) is 81.8 cm³/mol. The highest BCUT2D eigenvalue weighted by atomic mass is 79.9. The maximum Gasteiger partial charge on any atom is 0.168 e. The van der Waals surface area contributed by atoms with Crippen LogP contribution in [0.4, 0.5) is 5.82 Å². The molecule has 110 valence electrons. The Hall–Kier alpha value is -0.650. The van der Waals surface area contributed by atoms with E-state index in [1.807, 2.05) is 19.1 Å². The molecule has 1 atom stereocenters. The van der Waals surface area contributed by atoms with Gasteiger partial charge < -0.3 is 14.8 Å². The van der Waals surface area contributed by atoms with Gasteiger partial charge in [0.1, 0.15) is 11.9 Å². The van der Waals surface area contributed by atoms with Gasteiger partial charge in [0.25, 0.3) is 0 Å². The lowest BCUT2D eigenvalue weighted by Gasteiger charge is -2.31. The SMILES string of the molecule is Cc1nc(NCC2COC3(CCCCC3)O2)ccc1Br. The van der Waals surface area contributed by atoms with Crippen LogP contribution in [0.1, 0.15) is 37.8 Å². The monoisotopic (exact) mass is 340 g/mol. The zero-order valence-corrected chi connectivity index (χ0v) is 13.4. The molecular weight excluding hydrogens is 320 g/mol. The standard InChI is InChI=1S/C15H21BrN2O2/c1-11-13(16)5-6-14(18-11)17-9-12-10-19-15(20-12)7-3-2-4-8-15/h5-6,12H,2-4,7-10H2,1H3,(H,17,18). The fourth-order valence-corrected chi connectivity index (χ4v) is 3.15. The minimum absolute atomic E-state index is 0.124. The molecule has 0 radical (unpaired) electrons. The molecule has 1 spiro atoms. The second-order valence-corrected chi connectivity index (χ2v) is 6.52. The van der Waals surface area contributed by atoms with Gasteiger partial charge in [-0.3, -0.25) is 0 Å². The first-order valence-electron chi connectivity index (χ1n) is 7.36. The third-order valence-electron chi connectivity index (χ3n) is 4.06. The van der Waals surface area contributed by atoms with E-state index in [1.54, 1.807) is 0 Å². The van der Waals surface area contributed by atoms with Crippen LogP contribution in [-0.4, -0.2) is 30.0 Å². The number of nitrogens with one attached hydrogen (secondary N) is 1. The van der Waals surface area contributed by atoms with Crippen LogP contribution in [0.25, 0.3) is 0 Å². The fraction of sp³-hybridized carbons (Fsp3) is 0.667. The van der Waals surface area contributed by atoms with Gasteiger partial charge in [0.05, 0.1) is 12.3 Å². The van der Waals surface area contributed by atoms with Crippen molar-refractivity contribution in [3.05, 3.63) is 22.3 Å². The van der Waals surface area contributed by atoms with Crippen molar-refractivity contribution in [2.24, 2.45) is 0 Å². The summed E-state index contributed by atoms with van der Waals surface area (Å²) < 4.78 is 13.1. The molecule has 1 saturated carbocycles. The molecule has 1 N–H and O–H groups in total. The number of hydrogen-bond acceptors (Lipinski definition) is 4. The van der Waals surface area contributed by atoms with Gasteiger partial charge in [-0.05, 0) is 47.8 Å². The normalized spacial score (nSPS) is 25.0. The van der Waals surface area contributed by atoms with Gasteiger partial charge in [-0.1, -0.05) is 6.42 Å². The van der Waals surface area contributed by atoms with Crippen molar-refractivity contribution in [2.75, 3.05) is 18.5 Å². The number of rotatable bonds is 3. The summed E-state index contributed by atoms with van der Waals surface area (Å²) in [6, 6.07) is 3.99. The molecule has 1 aliphatic heterocycles. The van der Waals surface area contributed by atoms with Crippen LogP contribution in [-0.2, 0) is 9.47 Å². The molecule has 2 aliphatic rings. The highest BCUT2D eigenvalue weighted by Crippen LogP contribution is 2.37. The van der Waals surface area contributed by atoms with Crippen LogP contribution in [0, 0.1) is 6.92 Å². The van der Waals surface area contributed by atoms with Crippen molar-refractivity contribution in [3.63, 3.8) is 0 Å². The van der Waals surface area contributed by atoms with Crippen LogP contribution < -0.4 is 5.32 Å². The first kappa shape index (κ1) is 14.3. The van der Waals surface area contributed by atoms with E-state index in [4.69, 9.17) is 9.47 Å². The van der Waals surface area contributed by atoms with E-state index in [9.17, 15) is 0 Å². The molecule has 5 heteroatoms. The lowest BCUT2D eigenvalue weighted by molar-refractivity contribution is -0.185. The summed E-state index contributed by atoms with van der Waals surface area (Å²) in [6.45, 7) is 3.42. The number of anilines is 1. The number of hydrogen-bond donors (Lipinski definition) is 1. The van der Waals surface area contributed by atoms with E-state index in [0.717, 1.165) is 35.4 Å². The van der Waals surface area contributed by atoms with Gasteiger partial charge in [-0.2, -0.15) is 0 Å². The van der Waals surface area contributed by atoms with Gasteiger partial charge in [0.15, 0.2) is 5.79 Å². The number of aromatic nitrogens is 1. The average Bonchev–Trinajstić information content (AvgIpc) is 2.84. The molecule has 2 heterocycles. The quantitative estimate of drug-likeness (QED) is 0.912. The lowest BCUT2D eigenvalue weighted by atomic mass is 9.94. The van der Waals surface area contributed by atoms with Gasteiger partial charge in [-0.15, -0.1) is 0 Å². The molecule has 1 aliphatic carbocycles. The summed E-state index contributed by atoms with van der Waals surface area (Å²) in [5.74, 6) is 0.604. The second-order valence-electron chi connectivity index (χ2n) is 5.67. The molecule has 0 amide bonds. The molecule has 1 aromatic heterocycles. The van der Waals surface area contributed by atoms with Crippen molar-refractivity contribution in [2.45, 2.75) is 50.9 Å². The molecule has 1 saturated heterocycles. The third kappa shape index (κ3) is 3.15. The minimum Gasteiger partial charge on any atom is -0.367 e. The van der Waals surface area contributed by atoms with Crippen LogP contribution in [0.3, 0.4) is 0 Å². The Morgan fingerprint density at radius 1 is 1.35 bits per heavy atom. The van der Waals surface area contributed by atoms with E-state index in [1.165, 1.54) is 19.3 Å². The number of ether oxygens (including phenoxy) is 2. The van der Waals surface area contributed by atoms with Crippen molar-refractivity contribution in [1.82, 2.24) is 4.98 Å². The molecule has 1 unspecified atom stereocenters. The topological polar surface area (TPSA) is 43.4 Å². The van der Waals surface area contributed by atoms with Crippen LogP contribution >= 0.6 is 15.9 Å². The molecule has 4 nitrogen and oxygen atoms in total. The smallest absolute Gasteiger partial charge is 0.168 e. The maximum absolute atomic E-state index is 6.14. The summed E-state index contributed by atoms with van der Waals surface area (Å²) in [5.41, 5.74) is 0.988. The first-order chi connectivity index (χ1) is 9.67. The summed E-state index contributed by atoms with van der Waals surface area (Å²) in [6.07, 6.45) is 5.94. The van der Waals surface area contributed by atoms with Crippen LogP contribution in [0.2, 0.25) is 0 Å². The molecule has 20 heavy (non-hydrogen) atoms. The highest BCUT2D eigenvalue weighted by Gasteiger charge is 2.41. The second kappa shape index (κ2) is 6.00. The van der Waals surface area contributed by atoms with Gasteiger partial charge in [0.2, 0.25) is 0 Å². The van der Waals surface area contributed by atoms with Crippen LogP contribution in [0.5, 0.6) is 0 Å². The number of halogens is 1. The van der Waals surface area contributed by atoms with Gasteiger partial charge in [0, 0.05) is 23.9 Å². The summed E-state index contributed by atoms with van der Waals surface area (Å²) >= 11 is 3.46. The lowest BCUT2D eigenvalue weighted by Crippen LogP contribution is -2.34. The minimum atomic E-state index is -0.284. The maximum atomic E-state index is 6.14. The predicted octanol–water partition coefficient (Wildman–Crippen LogP) is 3.64. The van der Waals surface area contributed by atoms with Crippen molar-refractivity contribution in [1.29, 1.82) is 0 Å². The van der Waals surface area contributed by atoms with E-state index in [0.29, 0.717) is 6.61 Å². The Labute approximate surface area is 128 Å². The fourth-order valence-electron chi connectivity index (χ4n) is 2.93. The molecule has 2 fully saturated rings. The molecule has 0 aromatic carbocycles. The zero-order chi connectivity index (χ0) is 14.0. The zero-order valence-electron chi connectivity index (χ0n) is 11.8. The Morgan fingerprint density at radius 2 is 2.15 bits per heavy atom. The molecule has 0 bridgehead atoms. The van der Waals surface area contributed by atoms with Gasteiger partial charge in [-0.25, -0.2) is 4.98 Å². The number of nitrogens with zero attached hydrogens (tertiary/aromatic N) is 1. The molecular formula is C15H21BrN2O2. The Kier molecular flexibility index (Phi) is 4.29. The van der Waals surface area contributed by atoms with Gasteiger partial charge >= 0.3 is 0 Å². The van der Waals surface area contributed by atoms with Crippen molar-refractivity contribution < 1.29 is 9.47 Å². The Balaban J connectivity index is 1.53.